The molecule has 1 unspecified atom stereocenters. The number of hydrogen-bond donors (Lipinski definition) is 4. The molecule has 0 aromatic carbocycles. The van der Waals surface area contributed by atoms with E-state index < -0.39 is 38.3 Å². The van der Waals surface area contributed by atoms with Crippen LogP contribution >= 0.6 is 7.82 Å². The van der Waals surface area contributed by atoms with Gasteiger partial charge in [-0.3, -0.25) is 9.05 Å². The Morgan fingerprint density at radius 1 is 1.02 bits per heavy atom. The molecule has 3 rings (SSSR count). The molecule has 0 amide bonds. The number of nitrogen functional groups attached to an aromatic ring is 1. The quantitative estimate of drug-likeness (QED) is 0.117. The normalized spacial score (nSPS) is 23.7. The molecule has 14 heteroatoms. The smallest absolute Gasteiger partial charge is 0.387 e. The van der Waals surface area contributed by atoms with Crippen molar-refractivity contribution < 1.29 is 38.2 Å². The molecular formula is C28H46N5O8P. The first-order valence-electron chi connectivity index (χ1n) is 15.0. The standard InChI is InChI=1S/C28H46N5O8P/c1-2-3-4-5-6-7-8-9-10-11-12-13-16-38-17-18-39-42(36,37)40-19-23-25(34)26(35)28(20-29,41-23)24-15-14-22-27(30)31-21-32-33(22)24/h14-15,21,23,25-26,34-35H,2-13,16-19H2,1H3,(H,36,37)(H2,30,31,32)/t23-,25-,26-,28+/m1/s1. The Bertz CT molecular complexity index is 1180. The van der Waals surface area contributed by atoms with E-state index in [0.717, 1.165) is 12.8 Å². The van der Waals surface area contributed by atoms with Gasteiger partial charge in [0.2, 0.25) is 5.60 Å². The number of phosphoric ester groups is 1. The van der Waals surface area contributed by atoms with Gasteiger partial charge in [0, 0.05) is 6.61 Å². The van der Waals surface area contributed by atoms with E-state index in [1.165, 1.54) is 81.1 Å². The largest absolute Gasteiger partial charge is 0.472 e. The molecule has 13 nitrogen and oxygen atoms in total. The van der Waals surface area contributed by atoms with Crippen LogP contribution in [0.2, 0.25) is 0 Å². The number of aromatic nitrogens is 3. The average molecular weight is 612 g/mol. The molecule has 5 N–H and O–H groups in total. The fourth-order valence-corrected chi connectivity index (χ4v) is 5.83. The molecule has 1 aliphatic heterocycles. The number of nitrogens with zero attached hydrogens (tertiary/aromatic N) is 4. The molecule has 1 fully saturated rings. The number of fused-ring (bicyclic) bond motifs is 1. The lowest BCUT2D eigenvalue weighted by Gasteiger charge is -2.24. The summed E-state index contributed by atoms with van der Waals surface area (Å²) in [5.74, 6) is 0.147. The molecule has 5 atom stereocenters. The number of nitrogens with two attached hydrogens (primary N) is 1. The number of nitriles is 1. The zero-order chi connectivity index (χ0) is 30.4. The van der Waals surface area contributed by atoms with Crippen LogP contribution in [0.3, 0.4) is 0 Å². The van der Waals surface area contributed by atoms with Crippen LogP contribution in [0.1, 0.15) is 89.7 Å². The summed E-state index contributed by atoms with van der Waals surface area (Å²) in [4.78, 5) is 13.9. The average Bonchev–Trinajstić information content (AvgIpc) is 3.52. The molecule has 236 valence electrons. The van der Waals surface area contributed by atoms with Gasteiger partial charge in [0.15, 0.2) is 5.82 Å². The fraction of sp³-hybridized carbons (Fsp3) is 0.750. The lowest BCUT2D eigenvalue weighted by Crippen LogP contribution is -2.41. The second kappa shape index (κ2) is 17.2. The van der Waals surface area contributed by atoms with Gasteiger partial charge >= 0.3 is 7.82 Å². The summed E-state index contributed by atoms with van der Waals surface area (Å²) in [6, 6.07) is 4.91. The summed E-state index contributed by atoms with van der Waals surface area (Å²) in [5.41, 5.74) is 4.29. The van der Waals surface area contributed by atoms with Gasteiger partial charge in [0.05, 0.1) is 25.5 Å². The van der Waals surface area contributed by atoms with E-state index in [9.17, 15) is 24.9 Å². The zero-order valence-corrected chi connectivity index (χ0v) is 25.4. The minimum atomic E-state index is -4.51. The SMILES string of the molecule is CCCCCCCCCCCCCCOCCOP(=O)(O)OC[C@H]1O[C@@](C#N)(c2ccc3c(N)ncnn23)[C@H](O)[C@@H]1O. The monoisotopic (exact) mass is 611 g/mol. The predicted molar refractivity (Wildman–Crippen MR) is 155 cm³/mol. The summed E-state index contributed by atoms with van der Waals surface area (Å²) < 4.78 is 34.8. The highest BCUT2D eigenvalue weighted by molar-refractivity contribution is 7.47. The Hall–Kier alpha value is -2.14. The van der Waals surface area contributed by atoms with Crippen molar-refractivity contribution in [3.63, 3.8) is 0 Å². The highest BCUT2D eigenvalue weighted by Crippen LogP contribution is 2.46. The number of phosphoric acid groups is 1. The number of anilines is 1. The van der Waals surface area contributed by atoms with Crippen molar-refractivity contribution in [2.75, 3.05) is 32.2 Å². The Labute approximate surface area is 247 Å². The summed E-state index contributed by atoms with van der Waals surface area (Å²) in [5, 5.41) is 35.3. The maximum absolute atomic E-state index is 12.3. The summed E-state index contributed by atoms with van der Waals surface area (Å²) in [6.45, 7) is 2.12. The van der Waals surface area contributed by atoms with Gasteiger partial charge in [0.1, 0.15) is 36.2 Å². The lowest BCUT2D eigenvalue weighted by atomic mass is 9.92. The van der Waals surface area contributed by atoms with Crippen LogP contribution in [0.4, 0.5) is 5.82 Å². The third kappa shape index (κ3) is 9.43. The molecule has 1 aliphatic rings. The van der Waals surface area contributed by atoms with Crippen LogP contribution < -0.4 is 5.73 Å². The minimum Gasteiger partial charge on any atom is -0.387 e. The van der Waals surface area contributed by atoms with Gasteiger partial charge in [-0.25, -0.2) is 14.1 Å². The van der Waals surface area contributed by atoms with Crippen LogP contribution in [-0.4, -0.2) is 74.4 Å². The van der Waals surface area contributed by atoms with Crippen molar-refractivity contribution in [2.24, 2.45) is 0 Å². The second-order valence-electron chi connectivity index (χ2n) is 10.7. The van der Waals surface area contributed by atoms with Crippen LogP contribution in [-0.2, 0) is 28.7 Å². The Morgan fingerprint density at radius 2 is 1.67 bits per heavy atom. The van der Waals surface area contributed by atoms with Crippen molar-refractivity contribution in [2.45, 2.75) is 108 Å². The van der Waals surface area contributed by atoms with E-state index in [0.29, 0.717) is 12.1 Å². The van der Waals surface area contributed by atoms with Gasteiger partial charge in [-0.05, 0) is 18.6 Å². The number of aliphatic hydroxyl groups excluding tert-OH is 2. The zero-order valence-electron chi connectivity index (χ0n) is 24.5. The number of ether oxygens (including phenoxy) is 2. The van der Waals surface area contributed by atoms with E-state index in [2.05, 4.69) is 17.0 Å². The van der Waals surface area contributed by atoms with Gasteiger partial charge < -0.3 is 30.3 Å². The van der Waals surface area contributed by atoms with Crippen LogP contribution in [0.25, 0.3) is 5.52 Å². The topological polar surface area (TPSA) is 195 Å². The molecule has 1 saturated heterocycles. The van der Waals surface area contributed by atoms with Crippen LogP contribution in [0, 0.1) is 11.3 Å². The van der Waals surface area contributed by atoms with E-state index in [-0.39, 0.29) is 24.7 Å². The molecule has 0 bridgehead atoms. The number of hydrogen-bond acceptors (Lipinski definition) is 11. The first-order chi connectivity index (χ1) is 20.3. The van der Waals surface area contributed by atoms with E-state index in [4.69, 9.17) is 24.3 Å². The maximum Gasteiger partial charge on any atom is 0.472 e. The number of aliphatic hydroxyl groups is 2. The first kappa shape index (κ1) is 34.4. The van der Waals surface area contributed by atoms with Gasteiger partial charge in [0.25, 0.3) is 0 Å². The molecule has 0 spiro atoms. The molecule has 3 heterocycles. The molecule has 42 heavy (non-hydrogen) atoms. The molecule has 2 aromatic heterocycles. The summed E-state index contributed by atoms with van der Waals surface area (Å²) in [7, 11) is -4.51. The maximum atomic E-state index is 12.3. The molecule has 2 aromatic rings. The highest BCUT2D eigenvalue weighted by atomic mass is 31.2. The Kier molecular flexibility index (Phi) is 14.1. The van der Waals surface area contributed by atoms with Crippen LogP contribution in [0.15, 0.2) is 18.5 Å². The fourth-order valence-electron chi connectivity index (χ4n) is 5.11. The predicted octanol–water partition coefficient (Wildman–Crippen LogP) is 4.00. The second-order valence-corrected chi connectivity index (χ2v) is 12.2. The van der Waals surface area contributed by atoms with Crippen molar-refractivity contribution >= 4 is 19.2 Å². The third-order valence-corrected chi connectivity index (χ3v) is 8.50. The first-order valence-corrected chi connectivity index (χ1v) is 16.5. The molecular weight excluding hydrogens is 565 g/mol. The Morgan fingerprint density at radius 3 is 2.31 bits per heavy atom. The Balaban J connectivity index is 1.30. The van der Waals surface area contributed by atoms with Gasteiger partial charge in [-0.2, -0.15) is 10.4 Å². The highest BCUT2D eigenvalue weighted by Gasteiger charge is 2.58. The van der Waals surface area contributed by atoms with E-state index in [1.807, 2.05) is 6.07 Å². The van der Waals surface area contributed by atoms with Crippen molar-refractivity contribution in [1.29, 1.82) is 5.26 Å². The summed E-state index contributed by atoms with van der Waals surface area (Å²) >= 11 is 0. The molecule has 0 aliphatic carbocycles. The molecule has 0 saturated carbocycles. The van der Waals surface area contributed by atoms with Gasteiger partial charge in [-0.15, -0.1) is 0 Å². The van der Waals surface area contributed by atoms with E-state index in [1.54, 1.807) is 6.07 Å². The van der Waals surface area contributed by atoms with E-state index >= 15 is 0 Å². The molecule has 0 radical (unpaired) electrons. The van der Waals surface area contributed by atoms with Crippen molar-refractivity contribution in [1.82, 2.24) is 14.6 Å². The number of rotatable bonds is 21. The van der Waals surface area contributed by atoms with Gasteiger partial charge in [-0.1, -0.05) is 77.6 Å². The summed E-state index contributed by atoms with van der Waals surface area (Å²) in [6.07, 6.45) is 11.6. The minimum absolute atomic E-state index is 0.108. The lowest BCUT2D eigenvalue weighted by molar-refractivity contribution is -0.0646. The van der Waals surface area contributed by atoms with Crippen LogP contribution in [0.5, 0.6) is 0 Å². The number of unbranched alkanes of at least 4 members (excludes halogenated alkanes) is 11. The van der Waals surface area contributed by atoms with Crippen molar-refractivity contribution in [3.8, 4) is 6.07 Å². The third-order valence-electron chi connectivity index (χ3n) is 7.51. The van der Waals surface area contributed by atoms with Crippen molar-refractivity contribution in [3.05, 3.63) is 24.2 Å².